The first-order valence-electron chi connectivity index (χ1n) is 5.30. The molecular formula is C10H12ClN3O4S. The van der Waals surface area contributed by atoms with Crippen LogP contribution in [-0.4, -0.2) is 38.6 Å². The van der Waals surface area contributed by atoms with Gasteiger partial charge < -0.3 is 5.32 Å². The number of amides is 1. The lowest BCUT2D eigenvalue weighted by Gasteiger charge is -2.05. The third-order valence-electron chi connectivity index (χ3n) is 2.19. The van der Waals surface area contributed by atoms with Gasteiger partial charge in [-0.25, -0.2) is 4.98 Å². The third-order valence-corrected chi connectivity index (χ3v) is 3.26. The van der Waals surface area contributed by atoms with E-state index < -0.39 is 27.3 Å². The van der Waals surface area contributed by atoms with Gasteiger partial charge in [-0.05, 0) is 12.5 Å². The first kappa shape index (κ1) is 15.5. The van der Waals surface area contributed by atoms with E-state index in [0.29, 0.717) is 12.2 Å². The van der Waals surface area contributed by atoms with Gasteiger partial charge in [-0.2, -0.15) is 0 Å². The van der Waals surface area contributed by atoms with Gasteiger partial charge in [-0.3, -0.25) is 19.1 Å². The Labute approximate surface area is 117 Å². The van der Waals surface area contributed by atoms with Gasteiger partial charge in [-0.1, -0.05) is 11.6 Å². The Morgan fingerprint density at radius 2 is 2.32 bits per heavy atom. The van der Waals surface area contributed by atoms with Crippen molar-refractivity contribution in [1.29, 1.82) is 0 Å². The summed E-state index contributed by atoms with van der Waals surface area (Å²) in [4.78, 5) is 25.4. The number of nitro groups is 1. The highest BCUT2D eigenvalue weighted by Crippen LogP contribution is 2.20. The third kappa shape index (κ3) is 4.92. The van der Waals surface area contributed by atoms with Crippen molar-refractivity contribution in [2.75, 3.05) is 18.6 Å². The largest absolute Gasteiger partial charge is 0.352 e. The summed E-state index contributed by atoms with van der Waals surface area (Å²) >= 11 is 5.61. The van der Waals surface area contributed by atoms with Gasteiger partial charge in [0, 0.05) is 29.4 Å². The van der Waals surface area contributed by atoms with E-state index in [2.05, 4.69) is 10.3 Å². The van der Waals surface area contributed by atoms with Gasteiger partial charge >= 0.3 is 0 Å². The summed E-state index contributed by atoms with van der Waals surface area (Å²) in [6, 6.07) is 1.15. The van der Waals surface area contributed by atoms with Gasteiger partial charge in [0.15, 0.2) is 0 Å². The number of nitrogens with zero attached hydrogens (tertiary/aromatic N) is 2. The van der Waals surface area contributed by atoms with Crippen LogP contribution in [0.2, 0.25) is 5.15 Å². The molecule has 0 aliphatic carbocycles. The smallest absolute Gasteiger partial charge is 0.300 e. The molecule has 1 aromatic heterocycles. The fraction of sp³-hybridized carbons (Fsp3) is 0.400. The lowest BCUT2D eigenvalue weighted by molar-refractivity contribution is -0.385. The first-order valence-corrected chi connectivity index (χ1v) is 7.40. The summed E-state index contributed by atoms with van der Waals surface area (Å²) in [5.41, 5.74) is -0.538. The lowest BCUT2D eigenvalue weighted by Crippen LogP contribution is -2.26. The molecule has 0 aliphatic rings. The summed E-state index contributed by atoms with van der Waals surface area (Å²) < 4.78 is 10.8. The van der Waals surface area contributed by atoms with Gasteiger partial charge in [0.25, 0.3) is 11.6 Å². The summed E-state index contributed by atoms with van der Waals surface area (Å²) in [7, 11) is -0.931. The van der Waals surface area contributed by atoms with Crippen LogP contribution in [0.1, 0.15) is 16.8 Å². The van der Waals surface area contributed by atoms with E-state index >= 15 is 0 Å². The van der Waals surface area contributed by atoms with Crippen LogP contribution in [0.15, 0.2) is 12.3 Å². The van der Waals surface area contributed by atoms with Gasteiger partial charge in [0.2, 0.25) is 0 Å². The Bertz CT molecular complexity index is 523. The Morgan fingerprint density at radius 1 is 1.63 bits per heavy atom. The Hall–Kier alpha value is -1.54. The quantitative estimate of drug-likeness (QED) is 0.367. The lowest BCUT2D eigenvalue weighted by atomic mass is 10.2. The molecule has 0 saturated heterocycles. The zero-order valence-corrected chi connectivity index (χ0v) is 11.7. The van der Waals surface area contributed by atoms with Gasteiger partial charge in [0.05, 0.1) is 4.92 Å². The molecule has 1 atom stereocenters. The molecule has 0 aromatic carbocycles. The molecule has 0 spiro atoms. The number of halogens is 1. The molecule has 1 aromatic rings. The number of aromatic nitrogens is 1. The fourth-order valence-electron chi connectivity index (χ4n) is 1.32. The molecule has 1 unspecified atom stereocenters. The van der Waals surface area contributed by atoms with Gasteiger partial charge in [0.1, 0.15) is 16.9 Å². The number of hydrogen-bond donors (Lipinski definition) is 1. The minimum absolute atomic E-state index is 0.00501. The topological polar surface area (TPSA) is 102 Å². The SMILES string of the molecule is CS(=O)CCCNC(=O)c1cc(Cl)ncc1[N+](=O)[O-]. The Kier molecular flexibility index (Phi) is 5.84. The van der Waals surface area contributed by atoms with Crippen LogP contribution in [-0.2, 0) is 10.8 Å². The van der Waals surface area contributed by atoms with Crippen LogP contribution in [0.25, 0.3) is 0 Å². The molecule has 9 heteroatoms. The highest BCUT2D eigenvalue weighted by atomic mass is 35.5. The zero-order valence-electron chi connectivity index (χ0n) is 10.1. The second-order valence-corrected chi connectivity index (χ2v) is 5.61. The van der Waals surface area contributed by atoms with Crippen LogP contribution >= 0.6 is 11.6 Å². The van der Waals surface area contributed by atoms with E-state index in [1.54, 1.807) is 6.26 Å². The van der Waals surface area contributed by atoms with E-state index in [0.717, 1.165) is 12.3 Å². The summed E-state index contributed by atoms with van der Waals surface area (Å²) in [5.74, 6) is -0.141. The number of carbonyl (C=O) groups excluding carboxylic acids is 1. The highest BCUT2D eigenvalue weighted by molar-refractivity contribution is 7.84. The molecule has 1 N–H and O–H groups in total. The minimum atomic E-state index is -0.931. The standard InChI is InChI=1S/C10H12ClN3O4S/c1-19(18)4-2-3-12-10(15)7-5-9(11)13-6-8(7)14(16)17/h5-6H,2-4H2,1H3,(H,12,15). The summed E-state index contributed by atoms with van der Waals surface area (Å²) in [6.45, 7) is 0.287. The molecule has 0 aliphatic heterocycles. The molecule has 104 valence electrons. The van der Waals surface area contributed by atoms with E-state index in [-0.39, 0.29) is 17.3 Å². The monoisotopic (exact) mass is 305 g/mol. The molecule has 0 radical (unpaired) electrons. The predicted octanol–water partition coefficient (Wildman–Crippen LogP) is 1.14. The van der Waals surface area contributed by atoms with E-state index in [4.69, 9.17) is 11.6 Å². The van der Waals surface area contributed by atoms with Crippen LogP contribution in [0, 0.1) is 10.1 Å². The number of hydrogen-bond acceptors (Lipinski definition) is 5. The van der Waals surface area contributed by atoms with Crippen molar-refractivity contribution in [2.45, 2.75) is 6.42 Å². The molecule has 19 heavy (non-hydrogen) atoms. The van der Waals surface area contributed by atoms with Crippen molar-refractivity contribution in [3.63, 3.8) is 0 Å². The van der Waals surface area contributed by atoms with Crippen molar-refractivity contribution >= 4 is 34.0 Å². The fourth-order valence-corrected chi connectivity index (χ4v) is 2.03. The van der Waals surface area contributed by atoms with Crippen molar-refractivity contribution in [3.8, 4) is 0 Å². The maximum absolute atomic E-state index is 11.8. The number of rotatable bonds is 6. The van der Waals surface area contributed by atoms with Crippen molar-refractivity contribution < 1.29 is 13.9 Å². The molecular weight excluding hydrogens is 294 g/mol. The highest BCUT2D eigenvalue weighted by Gasteiger charge is 2.20. The number of nitrogens with one attached hydrogen (secondary N) is 1. The van der Waals surface area contributed by atoms with Crippen molar-refractivity contribution in [2.24, 2.45) is 0 Å². The minimum Gasteiger partial charge on any atom is -0.352 e. The molecule has 0 bridgehead atoms. The normalized spacial score (nSPS) is 11.9. The maximum atomic E-state index is 11.8. The second kappa shape index (κ2) is 7.15. The molecule has 1 amide bonds. The second-order valence-electron chi connectivity index (χ2n) is 3.67. The van der Waals surface area contributed by atoms with E-state index in [9.17, 15) is 19.1 Å². The maximum Gasteiger partial charge on any atom is 0.300 e. The predicted molar refractivity (Wildman–Crippen MR) is 71.8 cm³/mol. The Morgan fingerprint density at radius 3 is 2.89 bits per heavy atom. The average Bonchev–Trinajstić information content (AvgIpc) is 2.33. The van der Waals surface area contributed by atoms with Crippen LogP contribution in [0.3, 0.4) is 0 Å². The Balaban J connectivity index is 2.73. The summed E-state index contributed by atoms with van der Waals surface area (Å²) in [6.07, 6.45) is 3.04. The van der Waals surface area contributed by atoms with Crippen LogP contribution in [0.5, 0.6) is 0 Å². The molecule has 0 saturated carbocycles. The van der Waals surface area contributed by atoms with Crippen LogP contribution in [0.4, 0.5) is 5.69 Å². The van der Waals surface area contributed by atoms with Crippen molar-refractivity contribution in [3.05, 3.63) is 33.1 Å². The van der Waals surface area contributed by atoms with Crippen LogP contribution < -0.4 is 5.32 Å². The number of pyridine rings is 1. The summed E-state index contributed by atoms with van der Waals surface area (Å²) in [5, 5.41) is 13.3. The van der Waals surface area contributed by atoms with Crippen molar-refractivity contribution in [1.82, 2.24) is 10.3 Å². The first-order chi connectivity index (χ1) is 8.91. The number of carbonyl (C=O) groups is 1. The molecule has 0 fully saturated rings. The molecule has 7 nitrogen and oxygen atoms in total. The molecule has 1 heterocycles. The zero-order chi connectivity index (χ0) is 14.4. The molecule has 1 rings (SSSR count). The van der Waals surface area contributed by atoms with Gasteiger partial charge in [-0.15, -0.1) is 0 Å². The van der Waals surface area contributed by atoms with E-state index in [1.807, 2.05) is 0 Å². The van der Waals surface area contributed by atoms with E-state index in [1.165, 1.54) is 0 Å². The average molecular weight is 306 g/mol.